The molecule has 0 heterocycles. The molecule has 0 saturated carbocycles. The van der Waals surface area contributed by atoms with Gasteiger partial charge in [0, 0.05) is 25.7 Å². The summed E-state index contributed by atoms with van der Waals surface area (Å²) in [6, 6.07) is 0. The van der Waals surface area contributed by atoms with Crippen molar-refractivity contribution < 1.29 is 19.3 Å². The van der Waals surface area contributed by atoms with E-state index in [-0.39, 0.29) is 19.0 Å². The lowest BCUT2D eigenvalue weighted by Crippen LogP contribution is -2.05. The number of hydrogen-bond acceptors (Lipinski definition) is 4. The van der Waals surface area contributed by atoms with Crippen LogP contribution in [0.1, 0.15) is 66.2 Å². The van der Waals surface area contributed by atoms with Gasteiger partial charge in [-0.2, -0.15) is 0 Å². The molecule has 0 rings (SSSR count). The van der Waals surface area contributed by atoms with Gasteiger partial charge in [0.15, 0.2) is 0 Å². The molecule has 4 nitrogen and oxygen atoms in total. The lowest BCUT2D eigenvalue weighted by atomic mass is 10.4. The molecule has 0 saturated heterocycles. The molecule has 0 atom stereocenters. The molecule has 0 aliphatic heterocycles. The topological polar surface area (TPSA) is 47.9 Å². The van der Waals surface area contributed by atoms with Crippen molar-refractivity contribution in [2.75, 3.05) is 52.1 Å². The predicted molar refractivity (Wildman–Crippen MR) is 108 cm³/mol. The first-order chi connectivity index (χ1) is 11.2. The largest absolute Gasteiger partial charge is 0.394 e. The maximum Gasteiger partial charge on any atom is 0.0700 e. The summed E-state index contributed by atoms with van der Waals surface area (Å²) in [7, 11) is 0. The first-order valence-corrected chi connectivity index (χ1v) is 9.68. The van der Waals surface area contributed by atoms with Gasteiger partial charge in [-0.15, -0.1) is 24.0 Å². The normalized spacial score (nSPS) is 9.25. The minimum atomic E-state index is 0. The summed E-state index contributed by atoms with van der Waals surface area (Å²) in [5, 5.41) is 8.24. The van der Waals surface area contributed by atoms with Gasteiger partial charge in [-0.3, -0.25) is 0 Å². The van der Waals surface area contributed by atoms with Crippen LogP contribution in [0.3, 0.4) is 0 Å². The highest BCUT2D eigenvalue weighted by molar-refractivity contribution is 6.17. The Balaban J connectivity index is -0.000000136. The molecule has 24 heavy (non-hydrogen) atoms. The van der Waals surface area contributed by atoms with Crippen LogP contribution in [0.2, 0.25) is 0 Å². The Labute approximate surface area is 162 Å². The van der Waals surface area contributed by atoms with Crippen molar-refractivity contribution >= 4 is 24.0 Å². The van der Waals surface area contributed by atoms with Crippen molar-refractivity contribution in [2.45, 2.75) is 66.2 Å². The standard InChI is InChI=1S/C9H20O2.C6H14O2.C3H7Cl.ClH/c1-3-5-7-11-9-8-10-6-4-2;1-2-3-5-8-6-4-7;1-2-3-4;/h3-9H2,1-2H3;7H,2-6H2,1H3;2-3H2,1H3;1H. The SMILES string of the molecule is CCCCOCCO.CCCCOCCOCCC.CCCCl.Cl. The van der Waals surface area contributed by atoms with E-state index in [1.807, 2.05) is 6.92 Å². The second-order valence-electron chi connectivity index (χ2n) is 4.96. The number of aliphatic hydroxyl groups is 1. The van der Waals surface area contributed by atoms with Gasteiger partial charge in [0.05, 0.1) is 26.4 Å². The number of hydrogen-bond donors (Lipinski definition) is 1. The van der Waals surface area contributed by atoms with Gasteiger partial charge in [-0.1, -0.05) is 40.5 Å². The average Bonchev–Trinajstić information content (AvgIpc) is 2.59. The molecule has 0 aliphatic carbocycles. The molecule has 0 fully saturated rings. The van der Waals surface area contributed by atoms with Crippen LogP contribution in [-0.4, -0.2) is 57.2 Å². The van der Waals surface area contributed by atoms with Gasteiger partial charge in [0.25, 0.3) is 0 Å². The van der Waals surface area contributed by atoms with Crippen LogP contribution in [0.4, 0.5) is 0 Å². The molecule has 0 radical (unpaired) electrons. The fourth-order valence-corrected chi connectivity index (χ4v) is 1.13. The van der Waals surface area contributed by atoms with E-state index in [9.17, 15) is 0 Å². The summed E-state index contributed by atoms with van der Waals surface area (Å²) in [6.07, 6.45) is 6.80. The van der Waals surface area contributed by atoms with E-state index in [0.29, 0.717) is 6.61 Å². The molecule has 0 aliphatic rings. The molecule has 1 N–H and O–H groups in total. The molecule has 0 amide bonds. The molecule has 0 bridgehead atoms. The van der Waals surface area contributed by atoms with Crippen molar-refractivity contribution in [1.29, 1.82) is 0 Å². The van der Waals surface area contributed by atoms with Gasteiger partial charge in [-0.05, 0) is 25.7 Å². The molecule has 6 heteroatoms. The Bertz CT molecular complexity index is 148. The third-order valence-corrected chi connectivity index (χ3v) is 2.81. The van der Waals surface area contributed by atoms with E-state index >= 15 is 0 Å². The monoisotopic (exact) mass is 392 g/mol. The zero-order chi connectivity index (χ0) is 18.0. The number of aliphatic hydroxyl groups excluding tert-OH is 1. The van der Waals surface area contributed by atoms with Gasteiger partial charge in [0.2, 0.25) is 0 Å². The third kappa shape index (κ3) is 49.5. The Morgan fingerprint density at radius 3 is 1.38 bits per heavy atom. The zero-order valence-electron chi connectivity index (χ0n) is 16.4. The quantitative estimate of drug-likeness (QED) is 0.330. The smallest absolute Gasteiger partial charge is 0.0700 e. The molecule has 0 unspecified atom stereocenters. The van der Waals surface area contributed by atoms with Gasteiger partial charge in [0.1, 0.15) is 0 Å². The number of unbranched alkanes of at least 4 members (excludes halogenated alkanes) is 2. The third-order valence-electron chi connectivity index (χ3n) is 2.43. The molecule has 152 valence electrons. The van der Waals surface area contributed by atoms with Crippen LogP contribution >= 0.6 is 24.0 Å². The van der Waals surface area contributed by atoms with E-state index in [1.165, 1.54) is 6.42 Å². The molecular weight excluding hydrogens is 351 g/mol. The van der Waals surface area contributed by atoms with Crippen molar-refractivity contribution in [1.82, 2.24) is 0 Å². The van der Waals surface area contributed by atoms with Crippen LogP contribution in [0.15, 0.2) is 0 Å². The van der Waals surface area contributed by atoms with Crippen molar-refractivity contribution in [2.24, 2.45) is 0 Å². The second-order valence-corrected chi connectivity index (χ2v) is 5.33. The Hall–Kier alpha value is 0.420. The maximum absolute atomic E-state index is 8.24. The van der Waals surface area contributed by atoms with E-state index in [0.717, 1.165) is 71.0 Å². The lowest BCUT2D eigenvalue weighted by molar-refractivity contribution is 0.0470. The van der Waals surface area contributed by atoms with Crippen LogP contribution < -0.4 is 0 Å². The minimum Gasteiger partial charge on any atom is -0.394 e. The summed E-state index contributed by atoms with van der Waals surface area (Å²) in [6.45, 7) is 13.1. The van der Waals surface area contributed by atoms with Gasteiger partial charge in [-0.25, -0.2) is 0 Å². The highest BCUT2D eigenvalue weighted by Crippen LogP contribution is 1.88. The summed E-state index contributed by atoms with van der Waals surface area (Å²) in [4.78, 5) is 0. The number of alkyl halides is 1. The maximum atomic E-state index is 8.24. The van der Waals surface area contributed by atoms with Crippen molar-refractivity contribution in [3.05, 3.63) is 0 Å². The van der Waals surface area contributed by atoms with Crippen LogP contribution in [0.5, 0.6) is 0 Å². The van der Waals surface area contributed by atoms with E-state index < -0.39 is 0 Å². The first-order valence-electron chi connectivity index (χ1n) is 9.14. The van der Waals surface area contributed by atoms with Crippen molar-refractivity contribution in [3.63, 3.8) is 0 Å². The summed E-state index contributed by atoms with van der Waals surface area (Å²) in [5.41, 5.74) is 0. The zero-order valence-corrected chi connectivity index (χ0v) is 17.9. The van der Waals surface area contributed by atoms with Gasteiger partial charge >= 0.3 is 0 Å². The fourth-order valence-electron chi connectivity index (χ4n) is 1.13. The molecule has 0 spiro atoms. The second kappa shape index (κ2) is 38.8. The lowest BCUT2D eigenvalue weighted by Gasteiger charge is -2.03. The molecule has 0 aromatic carbocycles. The highest BCUT2D eigenvalue weighted by Gasteiger charge is 1.87. The fraction of sp³-hybridized carbons (Fsp3) is 1.00. The van der Waals surface area contributed by atoms with Crippen LogP contribution in [0.25, 0.3) is 0 Å². The Morgan fingerprint density at radius 1 is 0.625 bits per heavy atom. The highest BCUT2D eigenvalue weighted by atomic mass is 35.5. The average molecular weight is 393 g/mol. The van der Waals surface area contributed by atoms with Gasteiger partial charge < -0.3 is 19.3 Å². The summed E-state index contributed by atoms with van der Waals surface area (Å²) in [5.74, 6) is 0.792. The van der Waals surface area contributed by atoms with Crippen LogP contribution in [-0.2, 0) is 14.2 Å². The predicted octanol–water partition coefficient (Wildman–Crippen LogP) is 5.08. The molecular formula is C18H42Cl2O4. The number of ether oxygens (including phenoxy) is 3. The Kier molecular flexibility index (Phi) is 51.9. The summed E-state index contributed by atoms with van der Waals surface area (Å²) >= 11 is 5.19. The Morgan fingerprint density at radius 2 is 1.04 bits per heavy atom. The van der Waals surface area contributed by atoms with Crippen LogP contribution in [0, 0.1) is 0 Å². The molecule has 0 aromatic heterocycles. The number of rotatable bonds is 14. The number of halogens is 2. The first kappa shape index (κ1) is 32.1. The summed E-state index contributed by atoms with van der Waals surface area (Å²) < 4.78 is 15.5. The minimum absolute atomic E-state index is 0. The molecule has 0 aromatic rings. The van der Waals surface area contributed by atoms with E-state index in [4.69, 9.17) is 30.9 Å². The van der Waals surface area contributed by atoms with Crippen molar-refractivity contribution in [3.8, 4) is 0 Å². The van der Waals surface area contributed by atoms with E-state index in [1.54, 1.807) is 0 Å². The van der Waals surface area contributed by atoms with E-state index in [2.05, 4.69) is 20.8 Å².